The highest BCUT2D eigenvalue weighted by Crippen LogP contribution is 2.16. The van der Waals surface area contributed by atoms with Gasteiger partial charge in [-0.3, -0.25) is 0 Å². The van der Waals surface area contributed by atoms with Crippen molar-refractivity contribution < 1.29 is 8.42 Å². The molecule has 0 aliphatic heterocycles. The number of hydrogen-bond donors (Lipinski definition) is 1. The molecule has 1 aromatic rings. The summed E-state index contributed by atoms with van der Waals surface area (Å²) >= 11 is 0. The van der Waals surface area contributed by atoms with Crippen LogP contribution in [-0.2, 0) is 16.4 Å². The van der Waals surface area contributed by atoms with Crippen LogP contribution in [0.5, 0.6) is 0 Å². The van der Waals surface area contributed by atoms with Gasteiger partial charge in [0.15, 0.2) is 0 Å². The number of benzene rings is 1. The molecule has 0 bridgehead atoms. The van der Waals surface area contributed by atoms with E-state index in [1.807, 2.05) is 12.1 Å². The van der Waals surface area contributed by atoms with Gasteiger partial charge in [0.25, 0.3) is 0 Å². The first kappa shape index (κ1) is 12.2. The van der Waals surface area contributed by atoms with Crippen LogP contribution in [0.1, 0.15) is 31.7 Å². The molecule has 0 aromatic heterocycles. The molecule has 0 aliphatic rings. The standard InChI is InChI=1S/C11H17NO2S/c1-2-3-4-7-10-8-5-6-9-11(10)15(12,13)14/h5-6,8-9H,2-4,7H2,1H3,(H2,12,13,14). The Balaban J connectivity index is 2.88. The molecule has 0 amide bonds. The van der Waals surface area contributed by atoms with Gasteiger partial charge in [0, 0.05) is 0 Å². The molecule has 15 heavy (non-hydrogen) atoms. The molecule has 84 valence electrons. The maximum atomic E-state index is 11.3. The molecule has 0 saturated heterocycles. The maximum absolute atomic E-state index is 11.3. The monoisotopic (exact) mass is 227 g/mol. The molecular formula is C11H17NO2S. The molecule has 0 heterocycles. The van der Waals surface area contributed by atoms with Crippen molar-refractivity contribution in [3.63, 3.8) is 0 Å². The van der Waals surface area contributed by atoms with Crippen LogP contribution in [0.15, 0.2) is 29.2 Å². The van der Waals surface area contributed by atoms with Gasteiger partial charge in [-0.05, 0) is 24.5 Å². The van der Waals surface area contributed by atoms with E-state index < -0.39 is 10.0 Å². The van der Waals surface area contributed by atoms with Crippen LogP contribution < -0.4 is 5.14 Å². The van der Waals surface area contributed by atoms with Gasteiger partial charge < -0.3 is 0 Å². The van der Waals surface area contributed by atoms with Crippen LogP contribution in [0.2, 0.25) is 0 Å². The smallest absolute Gasteiger partial charge is 0.225 e. The Morgan fingerprint density at radius 1 is 1.20 bits per heavy atom. The molecule has 4 heteroatoms. The van der Waals surface area contributed by atoms with Crippen molar-refractivity contribution in [1.82, 2.24) is 0 Å². The highest BCUT2D eigenvalue weighted by atomic mass is 32.2. The minimum atomic E-state index is -3.57. The number of sulfonamides is 1. The van der Waals surface area contributed by atoms with Gasteiger partial charge in [-0.2, -0.15) is 0 Å². The molecule has 0 fully saturated rings. The van der Waals surface area contributed by atoms with E-state index in [-0.39, 0.29) is 4.90 Å². The molecule has 0 atom stereocenters. The fraction of sp³-hybridized carbons (Fsp3) is 0.455. The van der Waals surface area contributed by atoms with E-state index in [1.165, 1.54) is 0 Å². The summed E-state index contributed by atoms with van der Waals surface area (Å²) in [6.07, 6.45) is 4.01. The predicted molar refractivity (Wildman–Crippen MR) is 61.0 cm³/mol. The fourth-order valence-electron chi connectivity index (χ4n) is 1.55. The minimum absolute atomic E-state index is 0.265. The van der Waals surface area contributed by atoms with Crippen LogP contribution in [0.3, 0.4) is 0 Å². The molecule has 2 N–H and O–H groups in total. The third kappa shape index (κ3) is 3.64. The largest absolute Gasteiger partial charge is 0.238 e. The molecule has 0 unspecified atom stereocenters. The summed E-state index contributed by atoms with van der Waals surface area (Å²) in [7, 11) is -3.57. The Hall–Kier alpha value is -0.870. The molecule has 0 spiro atoms. The van der Waals surface area contributed by atoms with E-state index in [4.69, 9.17) is 5.14 Å². The van der Waals surface area contributed by atoms with Crippen molar-refractivity contribution in [3.8, 4) is 0 Å². The summed E-state index contributed by atoms with van der Waals surface area (Å²) in [4.78, 5) is 0.265. The van der Waals surface area contributed by atoms with Crippen LogP contribution in [0.4, 0.5) is 0 Å². The summed E-state index contributed by atoms with van der Waals surface area (Å²) in [5, 5.41) is 5.13. The SMILES string of the molecule is CCCCCc1ccccc1S(N)(=O)=O. The normalized spacial score (nSPS) is 11.6. The summed E-state index contributed by atoms with van der Waals surface area (Å²) in [6, 6.07) is 6.94. The van der Waals surface area contributed by atoms with Gasteiger partial charge in [-0.15, -0.1) is 0 Å². The van der Waals surface area contributed by atoms with Crippen LogP contribution >= 0.6 is 0 Å². The zero-order chi connectivity index (χ0) is 11.3. The second kappa shape index (κ2) is 5.28. The van der Waals surface area contributed by atoms with Crippen molar-refractivity contribution in [1.29, 1.82) is 0 Å². The topological polar surface area (TPSA) is 60.2 Å². The number of unbranched alkanes of at least 4 members (excludes halogenated alkanes) is 2. The lowest BCUT2D eigenvalue weighted by Gasteiger charge is -2.06. The Labute approximate surface area is 91.4 Å². The Kier molecular flexibility index (Phi) is 4.29. The van der Waals surface area contributed by atoms with Crippen LogP contribution in [0.25, 0.3) is 0 Å². The lowest BCUT2D eigenvalue weighted by Crippen LogP contribution is -2.14. The zero-order valence-electron chi connectivity index (χ0n) is 8.94. The van der Waals surface area contributed by atoms with Crippen molar-refractivity contribution in [2.75, 3.05) is 0 Å². The molecule has 1 rings (SSSR count). The van der Waals surface area contributed by atoms with Gasteiger partial charge in [-0.1, -0.05) is 38.0 Å². The van der Waals surface area contributed by atoms with Gasteiger partial charge in [0.2, 0.25) is 10.0 Å². The average Bonchev–Trinajstić information content (AvgIpc) is 2.17. The minimum Gasteiger partial charge on any atom is -0.225 e. The van der Waals surface area contributed by atoms with Crippen molar-refractivity contribution in [3.05, 3.63) is 29.8 Å². The van der Waals surface area contributed by atoms with Crippen LogP contribution in [-0.4, -0.2) is 8.42 Å². The third-order valence-electron chi connectivity index (χ3n) is 2.33. The fourth-order valence-corrected chi connectivity index (χ4v) is 2.36. The Bertz CT molecular complexity index is 412. The van der Waals surface area contributed by atoms with Crippen molar-refractivity contribution in [2.24, 2.45) is 5.14 Å². The highest BCUT2D eigenvalue weighted by molar-refractivity contribution is 7.89. The molecule has 0 saturated carbocycles. The first-order valence-electron chi connectivity index (χ1n) is 5.16. The van der Waals surface area contributed by atoms with Crippen molar-refractivity contribution >= 4 is 10.0 Å². The van der Waals surface area contributed by atoms with E-state index in [0.717, 1.165) is 31.2 Å². The molecule has 0 radical (unpaired) electrons. The number of nitrogens with two attached hydrogens (primary N) is 1. The second-order valence-corrected chi connectivity index (χ2v) is 5.14. The first-order valence-corrected chi connectivity index (χ1v) is 6.71. The highest BCUT2D eigenvalue weighted by Gasteiger charge is 2.11. The van der Waals surface area contributed by atoms with E-state index >= 15 is 0 Å². The Morgan fingerprint density at radius 2 is 1.87 bits per heavy atom. The van der Waals surface area contributed by atoms with Gasteiger partial charge in [0.05, 0.1) is 4.90 Å². The van der Waals surface area contributed by atoms with E-state index in [9.17, 15) is 8.42 Å². The molecule has 1 aromatic carbocycles. The molecule has 3 nitrogen and oxygen atoms in total. The van der Waals surface area contributed by atoms with Gasteiger partial charge >= 0.3 is 0 Å². The second-order valence-electron chi connectivity index (χ2n) is 3.61. The number of primary sulfonamides is 1. The first-order chi connectivity index (χ1) is 7.05. The summed E-state index contributed by atoms with van der Waals surface area (Å²) in [6.45, 7) is 2.12. The maximum Gasteiger partial charge on any atom is 0.238 e. The van der Waals surface area contributed by atoms with E-state index in [2.05, 4.69) is 6.92 Å². The average molecular weight is 227 g/mol. The molecular weight excluding hydrogens is 210 g/mol. The summed E-state index contributed by atoms with van der Waals surface area (Å²) in [5.41, 5.74) is 0.827. The zero-order valence-corrected chi connectivity index (χ0v) is 9.76. The van der Waals surface area contributed by atoms with Gasteiger partial charge in [-0.25, -0.2) is 13.6 Å². The summed E-state index contributed by atoms with van der Waals surface area (Å²) in [5.74, 6) is 0. The third-order valence-corrected chi connectivity index (χ3v) is 3.34. The molecule has 0 aliphatic carbocycles. The van der Waals surface area contributed by atoms with Crippen molar-refractivity contribution in [2.45, 2.75) is 37.5 Å². The lowest BCUT2D eigenvalue weighted by atomic mass is 10.1. The van der Waals surface area contributed by atoms with Crippen LogP contribution in [0, 0.1) is 0 Å². The number of hydrogen-bond acceptors (Lipinski definition) is 2. The summed E-state index contributed by atoms with van der Waals surface area (Å²) < 4.78 is 22.5. The Morgan fingerprint density at radius 3 is 2.47 bits per heavy atom. The number of aryl methyl sites for hydroxylation is 1. The quantitative estimate of drug-likeness (QED) is 0.783. The van der Waals surface area contributed by atoms with E-state index in [0.29, 0.717) is 0 Å². The number of rotatable bonds is 5. The predicted octanol–water partition coefficient (Wildman–Crippen LogP) is 2.07. The lowest BCUT2D eigenvalue weighted by molar-refractivity contribution is 0.595. The van der Waals surface area contributed by atoms with Gasteiger partial charge in [0.1, 0.15) is 0 Å². The van der Waals surface area contributed by atoms with E-state index in [1.54, 1.807) is 12.1 Å².